The third kappa shape index (κ3) is 5.10. The summed E-state index contributed by atoms with van der Waals surface area (Å²) in [6, 6.07) is 6.26. The Morgan fingerprint density at radius 3 is 2.53 bits per heavy atom. The number of methoxy groups -OCH3 is 1. The van der Waals surface area contributed by atoms with Gasteiger partial charge in [-0.3, -0.25) is 9.59 Å². The Labute approximate surface area is 169 Å². The molecule has 1 unspecified atom stereocenters. The average molecular weight is 425 g/mol. The first-order valence-corrected chi connectivity index (χ1v) is 8.80. The molecule has 0 radical (unpaired) electrons. The van der Waals surface area contributed by atoms with Gasteiger partial charge in [-0.2, -0.15) is 0 Å². The lowest BCUT2D eigenvalue weighted by molar-refractivity contribution is -0.274. The molecule has 1 aliphatic heterocycles. The molecule has 8 nitrogen and oxygen atoms in total. The molecule has 0 aliphatic carbocycles. The van der Waals surface area contributed by atoms with Crippen molar-refractivity contribution in [1.29, 1.82) is 0 Å². The van der Waals surface area contributed by atoms with Gasteiger partial charge < -0.3 is 24.4 Å². The highest BCUT2D eigenvalue weighted by molar-refractivity contribution is 5.99. The van der Waals surface area contributed by atoms with Crippen molar-refractivity contribution >= 4 is 17.5 Å². The quantitative estimate of drug-likeness (QED) is 0.764. The fraction of sp³-hybridized carbons (Fsp3) is 0.316. The number of nitrogens with one attached hydrogen (secondary N) is 1. The summed E-state index contributed by atoms with van der Waals surface area (Å²) in [5.74, 6) is -0.307. The van der Waals surface area contributed by atoms with E-state index >= 15 is 0 Å². The van der Waals surface area contributed by atoms with Crippen LogP contribution in [-0.4, -0.2) is 48.3 Å². The van der Waals surface area contributed by atoms with Gasteiger partial charge in [0, 0.05) is 25.6 Å². The molecule has 11 heteroatoms. The zero-order valence-corrected chi connectivity index (χ0v) is 16.0. The summed E-state index contributed by atoms with van der Waals surface area (Å²) in [4.78, 5) is 29.3. The predicted molar refractivity (Wildman–Crippen MR) is 98.4 cm³/mol. The van der Waals surface area contributed by atoms with Gasteiger partial charge in [-0.05, 0) is 24.6 Å². The van der Waals surface area contributed by atoms with Gasteiger partial charge in [0.05, 0.1) is 19.0 Å². The summed E-state index contributed by atoms with van der Waals surface area (Å²) < 4.78 is 51.2. The molecule has 1 fully saturated rings. The zero-order valence-electron chi connectivity index (χ0n) is 16.0. The number of pyridine rings is 1. The number of nitrogens with zero attached hydrogens (tertiary/aromatic N) is 2. The van der Waals surface area contributed by atoms with Crippen molar-refractivity contribution < 1.29 is 37.0 Å². The number of hydrogen-bond donors (Lipinski definition) is 1. The molecule has 3 rings (SSSR count). The van der Waals surface area contributed by atoms with Crippen LogP contribution in [0.25, 0.3) is 0 Å². The van der Waals surface area contributed by atoms with Crippen molar-refractivity contribution in [3.05, 3.63) is 36.5 Å². The van der Waals surface area contributed by atoms with Crippen LogP contribution < -0.4 is 19.5 Å². The fourth-order valence-electron chi connectivity index (χ4n) is 2.92. The second-order valence-corrected chi connectivity index (χ2v) is 6.39. The second-order valence-electron chi connectivity index (χ2n) is 6.39. The van der Waals surface area contributed by atoms with Gasteiger partial charge >= 0.3 is 6.36 Å². The number of likely N-dealkylation sites (N-methyl/N-ethyl adjacent to an activating group) is 1. The van der Waals surface area contributed by atoms with Crippen molar-refractivity contribution in [3.63, 3.8) is 0 Å². The molecule has 1 N–H and O–H groups in total. The minimum absolute atomic E-state index is 0.0214. The average Bonchev–Trinajstić information content (AvgIpc) is 3.01. The van der Waals surface area contributed by atoms with Gasteiger partial charge in [-0.15, -0.1) is 13.2 Å². The molecule has 1 aliphatic rings. The van der Waals surface area contributed by atoms with Crippen molar-refractivity contribution in [1.82, 2.24) is 9.88 Å². The number of rotatable bonds is 6. The Balaban J connectivity index is 1.72. The van der Waals surface area contributed by atoms with Gasteiger partial charge in [0.1, 0.15) is 23.3 Å². The van der Waals surface area contributed by atoms with Crippen LogP contribution in [0.2, 0.25) is 0 Å². The lowest BCUT2D eigenvalue weighted by atomic mass is 10.2. The Bertz CT molecular complexity index is 934. The minimum Gasteiger partial charge on any atom is -0.495 e. The van der Waals surface area contributed by atoms with Crippen LogP contribution in [0.4, 0.5) is 18.9 Å². The second kappa shape index (κ2) is 8.47. The van der Waals surface area contributed by atoms with Crippen LogP contribution in [0.15, 0.2) is 36.5 Å². The first-order chi connectivity index (χ1) is 14.2. The topological polar surface area (TPSA) is 90.0 Å². The van der Waals surface area contributed by atoms with Gasteiger partial charge in [-0.25, -0.2) is 4.98 Å². The Hall–Kier alpha value is -3.50. The maximum absolute atomic E-state index is 12.5. The number of benzene rings is 1. The van der Waals surface area contributed by atoms with Crippen LogP contribution in [0.5, 0.6) is 23.1 Å². The number of hydrogen-bond acceptors (Lipinski definition) is 6. The third-order valence-electron chi connectivity index (χ3n) is 4.39. The van der Waals surface area contributed by atoms with Crippen molar-refractivity contribution in [2.75, 3.05) is 19.5 Å². The summed E-state index contributed by atoms with van der Waals surface area (Å²) in [5, 5.41) is 2.71. The van der Waals surface area contributed by atoms with Gasteiger partial charge in [-0.1, -0.05) is 0 Å². The van der Waals surface area contributed by atoms with E-state index in [1.54, 1.807) is 19.2 Å². The van der Waals surface area contributed by atoms with Gasteiger partial charge in [0.25, 0.3) is 0 Å². The first-order valence-electron chi connectivity index (χ1n) is 8.80. The highest BCUT2D eigenvalue weighted by Gasteiger charge is 2.33. The molecule has 1 aromatic heterocycles. The molecule has 2 amide bonds. The fourth-order valence-corrected chi connectivity index (χ4v) is 2.92. The number of anilines is 1. The molecular formula is C19H18F3N3O5. The first kappa shape index (κ1) is 21.2. The lowest BCUT2D eigenvalue weighted by Crippen LogP contribution is -2.38. The Kier molecular flexibility index (Phi) is 5.99. The van der Waals surface area contributed by atoms with Crippen LogP contribution in [0, 0.1) is 0 Å². The van der Waals surface area contributed by atoms with Crippen LogP contribution >= 0.6 is 0 Å². The number of likely N-dealkylation sites (tertiary alicyclic amines) is 1. The number of amides is 2. The van der Waals surface area contributed by atoms with E-state index in [1.165, 1.54) is 24.1 Å². The SMILES string of the molecule is COc1ccc(Oc2ccc(OC(F)(F)F)cn2)cc1NC(=O)C1CCC(=O)N1C. The van der Waals surface area contributed by atoms with Crippen molar-refractivity contribution in [2.45, 2.75) is 25.2 Å². The number of alkyl halides is 3. The van der Waals surface area contributed by atoms with E-state index in [2.05, 4.69) is 15.0 Å². The van der Waals surface area contributed by atoms with E-state index in [-0.39, 0.29) is 23.4 Å². The largest absolute Gasteiger partial charge is 0.573 e. The molecule has 1 atom stereocenters. The predicted octanol–water partition coefficient (Wildman–Crippen LogP) is 3.34. The Morgan fingerprint density at radius 1 is 1.23 bits per heavy atom. The summed E-state index contributed by atoms with van der Waals surface area (Å²) in [6.45, 7) is 0. The van der Waals surface area contributed by atoms with E-state index in [9.17, 15) is 22.8 Å². The number of ether oxygens (including phenoxy) is 3. The molecule has 0 bridgehead atoms. The highest BCUT2D eigenvalue weighted by atomic mass is 19.4. The van der Waals surface area contributed by atoms with E-state index in [4.69, 9.17) is 9.47 Å². The lowest BCUT2D eigenvalue weighted by Gasteiger charge is -2.20. The van der Waals surface area contributed by atoms with E-state index < -0.39 is 18.2 Å². The van der Waals surface area contributed by atoms with Crippen LogP contribution in [-0.2, 0) is 9.59 Å². The van der Waals surface area contributed by atoms with Crippen molar-refractivity contribution in [2.24, 2.45) is 0 Å². The van der Waals surface area contributed by atoms with Crippen LogP contribution in [0.3, 0.4) is 0 Å². The van der Waals surface area contributed by atoms with Crippen molar-refractivity contribution in [3.8, 4) is 23.1 Å². The zero-order chi connectivity index (χ0) is 21.9. The smallest absolute Gasteiger partial charge is 0.495 e. The van der Waals surface area contributed by atoms with Gasteiger partial charge in [0.15, 0.2) is 0 Å². The molecule has 160 valence electrons. The Morgan fingerprint density at radius 2 is 1.97 bits per heavy atom. The van der Waals surface area contributed by atoms with Gasteiger partial charge in [0.2, 0.25) is 17.7 Å². The van der Waals surface area contributed by atoms with E-state index in [0.29, 0.717) is 24.3 Å². The number of halogens is 3. The van der Waals surface area contributed by atoms with Crippen LogP contribution in [0.1, 0.15) is 12.8 Å². The summed E-state index contributed by atoms with van der Waals surface area (Å²) in [7, 11) is 2.99. The number of carbonyl (C=O) groups is 2. The van der Waals surface area contributed by atoms with E-state index in [1.807, 2.05) is 0 Å². The summed E-state index contributed by atoms with van der Waals surface area (Å²) in [6.07, 6.45) is -3.22. The van der Waals surface area contributed by atoms with E-state index in [0.717, 1.165) is 12.3 Å². The minimum atomic E-state index is -4.81. The molecule has 2 aromatic rings. The number of carbonyl (C=O) groups excluding carboxylic acids is 2. The molecule has 1 aromatic carbocycles. The normalized spacial score (nSPS) is 16.4. The molecule has 0 saturated carbocycles. The molecule has 1 saturated heterocycles. The monoisotopic (exact) mass is 425 g/mol. The third-order valence-corrected chi connectivity index (χ3v) is 4.39. The highest BCUT2D eigenvalue weighted by Crippen LogP contribution is 2.32. The maximum Gasteiger partial charge on any atom is 0.573 e. The summed E-state index contributed by atoms with van der Waals surface area (Å²) in [5.41, 5.74) is 0.310. The maximum atomic E-state index is 12.5. The summed E-state index contributed by atoms with van der Waals surface area (Å²) >= 11 is 0. The molecule has 2 heterocycles. The molecule has 0 spiro atoms. The molecular weight excluding hydrogens is 407 g/mol. The standard InChI is InChI=1S/C19H18F3N3O5/c1-25-14(5-8-17(25)26)18(27)24-13-9-11(3-6-15(13)28-2)29-16-7-4-12(10-23-16)30-19(20,21)22/h3-4,6-7,9-10,14H,5,8H2,1-2H3,(H,24,27). The molecule has 30 heavy (non-hydrogen) atoms. The number of aromatic nitrogens is 1.